The van der Waals surface area contributed by atoms with Gasteiger partial charge in [0.1, 0.15) is 5.78 Å². The van der Waals surface area contributed by atoms with Crippen molar-refractivity contribution in [2.75, 3.05) is 13.1 Å². The van der Waals surface area contributed by atoms with Crippen molar-refractivity contribution in [3.63, 3.8) is 0 Å². The van der Waals surface area contributed by atoms with Crippen LogP contribution in [0.25, 0.3) is 0 Å². The second-order valence-electron chi connectivity index (χ2n) is 5.52. The summed E-state index contributed by atoms with van der Waals surface area (Å²) in [7, 11) is 0. The van der Waals surface area contributed by atoms with Crippen LogP contribution in [0, 0.1) is 17.8 Å². The first-order chi connectivity index (χ1) is 8.63. The molecule has 0 heterocycles. The first-order valence-corrected chi connectivity index (χ1v) is 7.86. The lowest BCUT2D eigenvalue weighted by Crippen LogP contribution is -2.27. The highest BCUT2D eigenvalue weighted by molar-refractivity contribution is 5.80. The van der Waals surface area contributed by atoms with Crippen LogP contribution in [0.5, 0.6) is 0 Å². The van der Waals surface area contributed by atoms with Crippen LogP contribution in [-0.4, -0.2) is 18.9 Å². The van der Waals surface area contributed by atoms with E-state index in [9.17, 15) is 4.79 Å². The molecule has 2 nitrogen and oxygen atoms in total. The number of nitrogens with one attached hydrogen (secondary N) is 1. The van der Waals surface area contributed by atoms with Gasteiger partial charge in [0.2, 0.25) is 0 Å². The Balaban J connectivity index is 0.00000137. The van der Waals surface area contributed by atoms with E-state index in [1.54, 1.807) is 0 Å². The maximum atomic E-state index is 11.7. The Labute approximate surface area is 114 Å². The average Bonchev–Trinajstić information content (AvgIpc) is 2.40. The number of rotatable bonds is 6. The fraction of sp³-hybridized carbons (Fsp3) is 0.938. The molecule has 108 valence electrons. The van der Waals surface area contributed by atoms with Crippen molar-refractivity contribution in [1.82, 2.24) is 5.32 Å². The molecular weight excluding hydrogens is 222 g/mol. The largest absolute Gasteiger partial charge is 0.317 e. The first kappa shape index (κ1) is 17.6. The van der Waals surface area contributed by atoms with Crippen molar-refractivity contribution in [2.45, 2.75) is 66.7 Å². The lowest BCUT2D eigenvalue weighted by molar-refractivity contribution is -0.123. The highest BCUT2D eigenvalue weighted by Gasteiger charge is 2.23. The molecule has 0 saturated heterocycles. The van der Waals surface area contributed by atoms with Crippen LogP contribution in [0.15, 0.2) is 0 Å². The summed E-state index contributed by atoms with van der Waals surface area (Å²) in [5.41, 5.74) is 0. The maximum absolute atomic E-state index is 11.7. The van der Waals surface area contributed by atoms with Gasteiger partial charge in [-0.05, 0) is 50.6 Å². The topological polar surface area (TPSA) is 29.1 Å². The van der Waals surface area contributed by atoms with Crippen molar-refractivity contribution in [3.8, 4) is 0 Å². The van der Waals surface area contributed by atoms with Crippen LogP contribution < -0.4 is 5.32 Å². The molecule has 0 unspecified atom stereocenters. The summed E-state index contributed by atoms with van der Waals surface area (Å²) < 4.78 is 0. The minimum absolute atomic E-state index is 0.222. The third-order valence-electron chi connectivity index (χ3n) is 3.78. The number of hydrogen-bond donors (Lipinski definition) is 1. The summed E-state index contributed by atoms with van der Waals surface area (Å²) in [5, 5.41) is 3.42. The standard InChI is InChI=1S/C14H27NO.C2H6/c1-4-15-10-13-7-5-12(6-8-13)9-14(16)11(2)3;1-2/h11-13,15H,4-10H2,1-3H3;1-2H3. The van der Waals surface area contributed by atoms with Crippen LogP contribution in [0.3, 0.4) is 0 Å². The van der Waals surface area contributed by atoms with E-state index in [4.69, 9.17) is 0 Å². The second-order valence-corrected chi connectivity index (χ2v) is 5.52. The molecule has 0 aromatic carbocycles. The molecule has 0 radical (unpaired) electrons. The zero-order valence-corrected chi connectivity index (χ0v) is 13.1. The molecule has 18 heavy (non-hydrogen) atoms. The molecule has 0 atom stereocenters. The van der Waals surface area contributed by atoms with Crippen molar-refractivity contribution < 1.29 is 4.79 Å². The van der Waals surface area contributed by atoms with Gasteiger partial charge >= 0.3 is 0 Å². The molecule has 1 N–H and O–H groups in total. The summed E-state index contributed by atoms with van der Waals surface area (Å²) in [6.07, 6.45) is 5.96. The molecule has 0 aromatic heterocycles. The number of hydrogen-bond acceptors (Lipinski definition) is 2. The summed E-state index contributed by atoms with van der Waals surface area (Å²) in [5.74, 6) is 2.20. The van der Waals surface area contributed by atoms with Gasteiger partial charge in [0, 0.05) is 12.3 Å². The Morgan fingerprint density at radius 2 is 1.61 bits per heavy atom. The van der Waals surface area contributed by atoms with Crippen molar-refractivity contribution in [3.05, 3.63) is 0 Å². The molecule has 1 aliphatic rings. The van der Waals surface area contributed by atoms with Gasteiger partial charge in [-0.15, -0.1) is 0 Å². The Morgan fingerprint density at radius 1 is 1.11 bits per heavy atom. The van der Waals surface area contributed by atoms with E-state index in [0.717, 1.165) is 18.9 Å². The smallest absolute Gasteiger partial charge is 0.135 e. The number of carbonyl (C=O) groups excluding carboxylic acids is 1. The van der Waals surface area contributed by atoms with E-state index in [1.165, 1.54) is 32.2 Å². The molecule has 1 rings (SSSR count). The Bertz CT molecular complexity index is 205. The van der Waals surface area contributed by atoms with E-state index in [1.807, 2.05) is 27.7 Å². The lowest BCUT2D eigenvalue weighted by Gasteiger charge is -2.28. The Hall–Kier alpha value is -0.370. The Morgan fingerprint density at radius 3 is 2.06 bits per heavy atom. The zero-order chi connectivity index (χ0) is 14.0. The normalized spacial score (nSPS) is 23.4. The van der Waals surface area contributed by atoms with E-state index >= 15 is 0 Å². The van der Waals surface area contributed by atoms with Crippen molar-refractivity contribution >= 4 is 5.78 Å². The SMILES string of the molecule is CC.CCNCC1CCC(CC(=O)C(C)C)CC1. The van der Waals surface area contributed by atoms with Crippen LogP contribution in [0.4, 0.5) is 0 Å². The lowest BCUT2D eigenvalue weighted by atomic mass is 9.79. The van der Waals surface area contributed by atoms with E-state index in [-0.39, 0.29) is 5.92 Å². The molecule has 1 aliphatic carbocycles. The van der Waals surface area contributed by atoms with Crippen LogP contribution in [0.1, 0.15) is 66.7 Å². The second kappa shape index (κ2) is 10.5. The number of carbonyl (C=O) groups is 1. The molecule has 0 amide bonds. The van der Waals surface area contributed by atoms with Gasteiger partial charge in [-0.1, -0.05) is 34.6 Å². The van der Waals surface area contributed by atoms with Crippen molar-refractivity contribution in [1.29, 1.82) is 0 Å². The van der Waals surface area contributed by atoms with E-state index in [2.05, 4.69) is 12.2 Å². The van der Waals surface area contributed by atoms with Gasteiger partial charge in [-0.25, -0.2) is 0 Å². The average molecular weight is 255 g/mol. The summed E-state index contributed by atoms with van der Waals surface area (Å²) in [6, 6.07) is 0. The number of Topliss-reactive ketones (excluding diaryl/α,β-unsaturated/α-hetero) is 1. The van der Waals surface area contributed by atoms with E-state index < -0.39 is 0 Å². The van der Waals surface area contributed by atoms with Crippen molar-refractivity contribution in [2.24, 2.45) is 17.8 Å². The van der Waals surface area contributed by atoms with Gasteiger partial charge in [0.05, 0.1) is 0 Å². The molecule has 2 heteroatoms. The quantitative estimate of drug-likeness (QED) is 0.776. The minimum atomic E-state index is 0.222. The third kappa shape index (κ3) is 7.15. The predicted molar refractivity (Wildman–Crippen MR) is 79.8 cm³/mol. The van der Waals surface area contributed by atoms with Gasteiger partial charge in [-0.2, -0.15) is 0 Å². The molecule has 0 aromatic rings. The van der Waals surface area contributed by atoms with Gasteiger partial charge < -0.3 is 5.32 Å². The van der Waals surface area contributed by atoms with Gasteiger partial charge in [0.15, 0.2) is 0 Å². The highest BCUT2D eigenvalue weighted by atomic mass is 16.1. The Kier molecular flexibility index (Phi) is 10.3. The predicted octanol–water partition coefficient (Wildman–Crippen LogP) is 4.04. The molecule has 0 aliphatic heterocycles. The fourth-order valence-corrected chi connectivity index (χ4v) is 2.51. The fourth-order valence-electron chi connectivity index (χ4n) is 2.51. The molecular formula is C16H33NO. The van der Waals surface area contributed by atoms with Crippen LogP contribution in [-0.2, 0) is 4.79 Å². The summed E-state index contributed by atoms with van der Waals surface area (Å²) in [6.45, 7) is 12.4. The summed E-state index contributed by atoms with van der Waals surface area (Å²) >= 11 is 0. The molecule has 0 bridgehead atoms. The van der Waals surface area contributed by atoms with Crippen LogP contribution >= 0.6 is 0 Å². The third-order valence-corrected chi connectivity index (χ3v) is 3.78. The van der Waals surface area contributed by atoms with Gasteiger partial charge in [-0.3, -0.25) is 4.79 Å². The maximum Gasteiger partial charge on any atom is 0.135 e. The monoisotopic (exact) mass is 255 g/mol. The first-order valence-electron chi connectivity index (χ1n) is 7.86. The zero-order valence-electron chi connectivity index (χ0n) is 13.1. The molecule has 1 saturated carbocycles. The molecule has 1 fully saturated rings. The summed E-state index contributed by atoms with van der Waals surface area (Å²) in [4.78, 5) is 11.7. The van der Waals surface area contributed by atoms with Crippen LogP contribution in [0.2, 0.25) is 0 Å². The number of ketones is 1. The highest BCUT2D eigenvalue weighted by Crippen LogP contribution is 2.31. The molecule has 0 spiro atoms. The van der Waals surface area contributed by atoms with E-state index in [0.29, 0.717) is 11.7 Å². The minimum Gasteiger partial charge on any atom is -0.317 e. The van der Waals surface area contributed by atoms with Gasteiger partial charge in [0.25, 0.3) is 0 Å².